The number of benzene rings is 2. The lowest BCUT2D eigenvalue weighted by Crippen LogP contribution is -2.13. The summed E-state index contributed by atoms with van der Waals surface area (Å²) in [5.41, 5.74) is 3.73. The first-order chi connectivity index (χ1) is 14.7. The van der Waals surface area contributed by atoms with Crippen molar-refractivity contribution in [2.45, 2.75) is 27.3 Å². The predicted molar refractivity (Wildman–Crippen MR) is 116 cm³/mol. The summed E-state index contributed by atoms with van der Waals surface area (Å²) in [7, 11) is 3.09. The van der Waals surface area contributed by atoms with E-state index in [1.807, 2.05) is 6.92 Å². The van der Waals surface area contributed by atoms with E-state index in [1.165, 1.54) is 7.11 Å². The van der Waals surface area contributed by atoms with Crippen LogP contribution < -0.4 is 14.8 Å². The van der Waals surface area contributed by atoms with E-state index in [4.69, 9.17) is 9.47 Å². The molecule has 31 heavy (non-hydrogen) atoms. The van der Waals surface area contributed by atoms with Crippen molar-refractivity contribution in [2.24, 2.45) is 0 Å². The second kappa shape index (κ2) is 8.86. The fourth-order valence-corrected chi connectivity index (χ4v) is 3.35. The zero-order valence-corrected chi connectivity index (χ0v) is 18.1. The molecule has 1 N–H and O–H groups in total. The van der Waals surface area contributed by atoms with Gasteiger partial charge in [-0.3, -0.25) is 19.6 Å². The molecule has 0 spiro atoms. The molecule has 1 amide bonds. The maximum absolute atomic E-state index is 12.7. The monoisotopic (exact) mass is 424 g/mol. The summed E-state index contributed by atoms with van der Waals surface area (Å²) in [5, 5.41) is 18.3. The molecule has 0 atom stereocenters. The van der Waals surface area contributed by atoms with Crippen molar-refractivity contribution in [3.8, 4) is 11.5 Å². The van der Waals surface area contributed by atoms with Crippen LogP contribution in [-0.2, 0) is 6.54 Å². The summed E-state index contributed by atoms with van der Waals surface area (Å²) in [5.74, 6) is 0.855. The van der Waals surface area contributed by atoms with Crippen LogP contribution in [0.3, 0.4) is 0 Å². The van der Waals surface area contributed by atoms with Gasteiger partial charge in [-0.05, 0) is 50.1 Å². The molecule has 3 aromatic rings. The first kappa shape index (κ1) is 21.8. The van der Waals surface area contributed by atoms with Crippen molar-refractivity contribution in [1.82, 2.24) is 9.78 Å². The minimum absolute atomic E-state index is 0.0290. The van der Waals surface area contributed by atoms with Crippen molar-refractivity contribution in [2.75, 3.05) is 19.5 Å². The Labute approximate surface area is 179 Å². The standard InChI is InChI=1S/C22H24N4O5/c1-13-10-19(30-4)20(31-5)11-18(13)23-22(27)17-8-6-16(7-9-17)12-25-15(3)21(26(28)29)14(2)24-25/h6-11H,12H2,1-5H3,(H,23,27). The molecule has 1 aromatic heterocycles. The number of carbonyl (C=O) groups excluding carboxylic acids is 1. The van der Waals surface area contributed by atoms with Crippen LogP contribution in [0.1, 0.15) is 32.9 Å². The summed E-state index contributed by atoms with van der Waals surface area (Å²) >= 11 is 0. The first-order valence-corrected chi connectivity index (χ1v) is 9.56. The third-order valence-electron chi connectivity index (χ3n) is 5.05. The number of aryl methyl sites for hydroxylation is 2. The van der Waals surface area contributed by atoms with Crippen molar-refractivity contribution < 1.29 is 19.2 Å². The highest BCUT2D eigenvalue weighted by Crippen LogP contribution is 2.33. The smallest absolute Gasteiger partial charge is 0.312 e. The van der Waals surface area contributed by atoms with E-state index in [0.717, 1.165) is 11.1 Å². The van der Waals surface area contributed by atoms with Crippen LogP contribution in [0.25, 0.3) is 0 Å². The number of carbonyl (C=O) groups is 1. The fraction of sp³-hybridized carbons (Fsp3) is 0.273. The minimum Gasteiger partial charge on any atom is -0.493 e. The number of methoxy groups -OCH3 is 2. The van der Waals surface area contributed by atoms with Crippen molar-refractivity contribution in [1.29, 1.82) is 0 Å². The highest BCUT2D eigenvalue weighted by atomic mass is 16.6. The molecule has 2 aromatic carbocycles. The van der Waals surface area contributed by atoms with Gasteiger partial charge < -0.3 is 14.8 Å². The Bertz CT molecular complexity index is 1140. The van der Waals surface area contributed by atoms with Crippen LogP contribution in [0.15, 0.2) is 36.4 Å². The SMILES string of the molecule is COc1cc(C)c(NC(=O)c2ccc(Cn3nc(C)c([N+](=O)[O-])c3C)cc2)cc1OC. The number of anilines is 1. The number of rotatable bonds is 7. The molecular weight excluding hydrogens is 400 g/mol. The van der Waals surface area contributed by atoms with E-state index in [2.05, 4.69) is 10.4 Å². The van der Waals surface area contributed by atoms with Crippen molar-refractivity contribution in [3.05, 3.63) is 74.6 Å². The number of nitrogens with one attached hydrogen (secondary N) is 1. The van der Waals surface area contributed by atoms with Gasteiger partial charge in [0.05, 0.1) is 25.7 Å². The molecule has 9 heteroatoms. The average Bonchev–Trinajstić information content (AvgIpc) is 3.02. The van der Waals surface area contributed by atoms with Gasteiger partial charge in [0.1, 0.15) is 11.4 Å². The maximum atomic E-state index is 12.7. The Kier molecular flexibility index (Phi) is 6.24. The first-order valence-electron chi connectivity index (χ1n) is 9.56. The minimum atomic E-state index is -0.419. The summed E-state index contributed by atoms with van der Waals surface area (Å²) in [6, 6.07) is 10.5. The normalized spacial score (nSPS) is 10.6. The summed E-state index contributed by atoms with van der Waals surface area (Å²) in [6.45, 7) is 5.53. The van der Waals surface area contributed by atoms with Crippen LogP contribution in [-0.4, -0.2) is 34.8 Å². The molecule has 1 heterocycles. The second-order valence-electron chi connectivity index (χ2n) is 7.11. The largest absolute Gasteiger partial charge is 0.493 e. The number of amides is 1. The van der Waals surface area contributed by atoms with Gasteiger partial charge in [0.15, 0.2) is 11.5 Å². The van der Waals surface area contributed by atoms with Gasteiger partial charge in [-0.25, -0.2) is 0 Å². The molecule has 0 saturated heterocycles. The highest BCUT2D eigenvalue weighted by molar-refractivity contribution is 6.04. The van der Waals surface area contributed by atoms with Gasteiger partial charge in [0, 0.05) is 17.3 Å². The Morgan fingerprint density at radius 3 is 2.26 bits per heavy atom. The Hall–Kier alpha value is -3.88. The third-order valence-corrected chi connectivity index (χ3v) is 5.05. The quantitative estimate of drug-likeness (QED) is 0.453. The number of hydrogen-bond donors (Lipinski definition) is 1. The van der Waals surface area contributed by atoms with E-state index in [9.17, 15) is 14.9 Å². The second-order valence-corrected chi connectivity index (χ2v) is 7.11. The molecule has 0 unspecified atom stereocenters. The van der Waals surface area contributed by atoms with Gasteiger partial charge in [-0.2, -0.15) is 5.10 Å². The molecule has 0 bridgehead atoms. The molecular formula is C22H24N4O5. The van der Waals surface area contributed by atoms with Crippen LogP contribution in [0.2, 0.25) is 0 Å². The van der Waals surface area contributed by atoms with E-state index < -0.39 is 4.92 Å². The van der Waals surface area contributed by atoms with Crippen LogP contribution >= 0.6 is 0 Å². The van der Waals surface area contributed by atoms with Crippen LogP contribution in [0.4, 0.5) is 11.4 Å². The lowest BCUT2D eigenvalue weighted by atomic mass is 10.1. The zero-order chi connectivity index (χ0) is 22.7. The zero-order valence-electron chi connectivity index (χ0n) is 18.1. The highest BCUT2D eigenvalue weighted by Gasteiger charge is 2.21. The molecule has 0 aliphatic heterocycles. The summed E-state index contributed by atoms with van der Waals surface area (Å²) < 4.78 is 12.2. The van der Waals surface area contributed by atoms with Crippen LogP contribution in [0, 0.1) is 30.9 Å². The topological polar surface area (TPSA) is 109 Å². The summed E-state index contributed by atoms with van der Waals surface area (Å²) in [4.78, 5) is 23.4. The fourth-order valence-electron chi connectivity index (χ4n) is 3.35. The number of ether oxygens (including phenoxy) is 2. The molecule has 0 aliphatic carbocycles. The maximum Gasteiger partial charge on any atom is 0.312 e. The number of aromatic nitrogens is 2. The lowest BCUT2D eigenvalue weighted by molar-refractivity contribution is -0.386. The van der Waals surface area contributed by atoms with Gasteiger partial charge in [-0.1, -0.05) is 12.1 Å². The van der Waals surface area contributed by atoms with E-state index in [-0.39, 0.29) is 11.6 Å². The van der Waals surface area contributed by atoms with Crippen LogP contribution in [0.5, 0.6) is 11.5 Å². The number of nitro groups is 1. The third kappa shape index (κ3) is 4.50. The number of nitrogens with zero attached hydrogens (tertiary/aromatic N) is 3. The van der Waals surface area contributed by atoms with Gasteiger partial charge in [0.25, 0.3) is 5.91 Å². The molecule has 0 aliphatic rings. The van der Waals surface area contributed by atoms with E-state index in [1.54, 1.807) is 62.0 Å². The Morgan fingerprint density at radius 2 is 1.71 bits per heavy atom. The number of hydrogen-bond acceptors (Lipinski definition) is 6. The average molecular weight is 424 g/mol. The molecule has 3 rings (SSSR count). The Balaban J connectivity index is 1.76. The Morgan fingerprint density at radius 1 is 1.10 bits per heavy atom. The summed E-state index contributed by atoms with van der Waals surface area (Å²) in [6.07, 6.45) is 0. The predicted octanol–water partition coefficient (Wildman–Crippen LogP) is 4.03. The van der Waals surface area contributed by atoms with E-state index in [0.29, 0.717) is 40.7 Å². The molecule has 0 saturated carbocycles. The van der Waals surface area contributed by atoms with Gasteiger partial charge >= 0.3 is 5.69 Å². The van der Waals surface area contributed by atoms with Crippen molar-refractivity contribution >= 4 is 17.3 Å². The molecule has 162 valence electrons. The van der Waals surface area contributed by atoms with E-state index >= 15 is 0 Å². The van der Waals surface area contributed by atoms with Gasteiger partial charge in [-0.15, -0.1) is 0 Å². The van der Waals surface area contributed by atoms with Crippen molar-refractivity contribution in [3.63, 3.8) is 0 Å². The van der Waals surface area contributed by atoms with Gasteiger partial charge in [0.2, 0.25) is 0 Å². The molecule has 0 fully saturated rings. The molecule has 9 nitrogen and oxygen atoms in total. The lowest BCUT2D eigenvalue weighted by Gasteiger charge is -2.14. The molecule has 0 radical (unpaired) electrons.